The van der Waals surface area contributed by atoms with E-state index in [9.17, 15) is 9.59 Å². The molecule has 0 unspecified atom stereocenters. The van der Waals surface area contributed by atoms with Gasteiger partial charge in [0.15, 0.2) is 0 Å². The van der Waals surface area contributed by atoms with Crippen LogP contribution in [-0.4, -0.2) is 16.4 Å². The van der Waals surface area contributed by atoms with Crippen molar-refractivity contribution < 1.29 is 14.3 Å². The van der Waals surface area contributed by atoms with Crippen molar-refractivity contribution in [1.82, 2.24) is 4.57 Å². The van der Waals surface area contributed by atoms with Crippen LogP contribution in [0, 0.1) is 0 Å². The van der Waals surface area contributed by atoms with Crippen LogP contribution in [0.5, 0.6) is 11.5 Å². The minimum absolute atomic E-state index is 0.338. The first-order chi connectivity index (χ1) is 15.6. The van der Waals surface area contributed by atoms with Crippen molar-refractivity contribution in [3.63, 3.8) is 0 Å². The quantitative estimate of drug-likeness (QED) is 0.505. The van der Waals surface area contributed by atoms with Crippen LogP contribution in [-0.2, 0) is 6.54 Å². The molecule has 6 heteroatoms. The van der Waals surface area contributed by atoms with Crippen molar-refractivity contribution in [2.75, 3.05) is 0 Å². The van der Waals surface area contributed by atoms with E-state index in [1.165, 1.54) is 0 Å². The highest BCUT2D eigenvalue weighted by Gasteiger charge is 2.06. The number of hydrogen-bond donors (Lipinski definition) is 1. The van der Waals surface area contributed by atoms with Crippen molar-refractivity contribution in [3.05, 3.63) is 125 Å². The van der Waals surface area contributed by atoms with Gasteiger partial charge in [0.05, 0.1) is 0 Å². The van der Waals surface area contributed by atoms with Crippen LogP contribution in [0.4, 0.5) is 0 Å². The summed E-state index contributed by atoms with van der Waals surface area (Å²) >= 11 is 0. The number of rotatable bonds is 6. The van der Waals surface area contributed by atoms with Crippen LogP contribution in [0.3, 0.4) is 0 Å². The summed E-state index contributed by atoms with van der Waals surface area (Å²) in [6.07, 6.45) is 1.90. The number of amides is 2. The van der Waals surface area contributed by atoms with Crippen LogP contribution in [0.25, 0.3) is 0 Å². The number of carbonyl (C=O) groups is 2. The van der Waals surface area contributed by atoms with Gasteiger partial charge in [0.25, 0.3) is 5.91 Å². The zero-order chi connectivity index (χ0) is 22.3. The first kappa shape index (κ1) is 20.8. The van der Waals surface area contributed by atoms with Gasteiger partial charge in [-0.3, -0.25) is 9.59 Å². The second kappa shape index (κ2) is 9.57. The lowest BCUT2D eigenvalue weighted by Crippen LogP contribution is -2.22. The molecule has 4 aromatic rings. The minimum atomic E-state index is -0.494. The van der Waals surface area contributed by atoms with Crippen molar-refractivity contribution in [1.29, 1.82) is 0 Å². The number of nitrogens with zero attached hydrogens (tertiary/aromatic N) is 2. The molecule has 0 aliphatic carbocycles. The summed E-state index contributed by atoms with van der Waals surface area (Å²) in [5.41, 5.74) is 7.81. The molecule has 0 atom stereocenters. The molecule has 4 rings (SSSR count). The Bertz CT molecular complexity index is 1290. The maximum atomic E-state index is 12.7. The van der Waals surface area contributed by atoms with E-state index in [2.05, 4.69) is 4.99 Å². The lowest BCUT2D eigenvalue weighted by molar-refractivity contribution is 0.0990. The summed E-state index contributed by atoms with van der Waals surface area (Å²) < 4.78 is 7.68. The molecule has 6 nitrogen and oxygen atoms in total. The van der Waals surface area contributed by atoms with Crippen LogP contribution in [0.1, 0.15) is 26.3 Å². The van der Waals surface area contributed by atoms with Crippen molar-refractivity contribution in [2.24, 2.45) is 10.7 Å². The molecule has 3 aromatic carbocycles. The minimum Gasteiger partial charge on any atom is -0.457 e. The average Bonchev–Trinajstić information content (AvgIpc) is 2.82. The summed E-state index contributed by atoms with van der Waals surface area (Å²) in [5, 5.41) is 0. The Hall–Kier alpha value is -4.45. The first-order valence-electron chi connectivity index (χ1n) is 10.0. The molecule has 0 aliphatic rings. The summed E-state index contributed by atoms with van der Waals surface area (Å²) in [5.74, 6) is 0.291. The Labute approximate surface area is 185 Å². The van der Waals surface area contributed by atoms with E-state index in [0.29, 0.717) is 34.7 Å². The van der Waals surface area contributed by atoms with Gasteiger partial charge in [0, 0.05) is 23.9 Å². The van der Waals surface area contributed by atoms with Crippen molar-refractivity contribution in [3.8, 4) is 11.5 Å². The van der Waals surface area contributed by atoms with Gasteiger partial charge in [-0.2, -0.15) is 4.99 Å². The molecule has 1 heterocycles. The van der Waals surface area contributed by atoms with Crippen molar-refractivity contribution in [2.45, 2.75) is 6.54 Å². The fraction of sp³-hybridized carbons (Fsp3) is 0.0385. The molecule has 0 radical (unpaired) electrons. The second-order valence-corrected chi connectivity index (χ2v) is 7.10. The molecule has 2 amide bonds. The largest absolute Gasteiger partial charge is 0.457 e. The van der Waals surface area contributed by atoms with Gasteiger partial charge in [-0.1, -0.05) is 36.4 Å². The number of nitrogens with two attached hydrogens (primary N) is 1. The maximum absolute atomic E-state index is 12.7. The van der Waals surface area contributed by atoms with E-state index < -0.39 is 5.91 Å². The average molecular weight is 423 g/mol. The van der Waals surface area contributed by atoms with Gasteiger partial charge in [0.1, 0.15) is 17.0 Å². The monoisotopic (exact) mass is 423 g/mol. The fourth-order valence-electron chi connectivity index (χ4n) is 3.14. The van der Waals surface area contributed by atoms with Crippen LogP contribution in [0.15, 0.2) is 108 Å². The van der Waals surface area contributed by atoms with Gasteiger partial charge < -0.3 is 15.0 Å². The molecule has 158 valence electrons. The van der Waals surface area contributed by atoms with Gasteiger partial charge in [-0.05, 0) is 66.2 Å². The fourth-order valence-corrected chi connectivity index (χ4v) is 3.14. The topological polar surface area (TPSA) is 86.7 Å². The van der Waals surface area contributed by atoms with Gasteiger partial charge in [-0.25, -0.2) is 0 Å². The number of benzene rings is 3. The van der Waals surface area contributed by atoms with Crippen LogP contribution >= 0.6 is 0 Å². The van der Waals surface area contributed by atoms with Crippen LogP contribution in [0.2, 0.25) is 0 Å². The number of ether oxygens (including phenoxy) is 1. The molecule has 0 spiro atoms. The molecule has 1 aromatic heterocycles. The Balaban J connectivity index is 1.50. The molecule has 0 bridgehead atoms. The first-order valence-corrected chi connectivity index (χ1v) is 10.0. The third kappa shape index (κ3) is 5.17. The van der Waals surface area contributed by atoms with E-state index in [-0.39, 0.29) is 5.91 Å². The third-order valence-electron chi connectivity index (χ3n) is 4.80. The third-order valence-corrected chi connectivity index (χ3v) is 4.80. The van der Waals surface area contributed by atoms with Gasteiger partial charge in [0.2, 0.25) is 5.91 Å². The van der Waals surface area contributed by atoms with Gasteiger partial charge >= 0.3 is 0 Å². The number of carbonyl (C=O) groups excluding carboxylic acids is 2. The predicted molar refractivity (Wildman–Crippen MR) is 121 cm³/mol. The van der Waals surface area contributed by atoms with E-state index in [1.54, 1.807) is 48.5 Å². The maximum Gasteiger partial charge on any atom is 0.278 e. The zero-order valence-electron chi connectivity index (χ0n) is 17.2. The normalized spacial score (nSPS) is 11.2. The molecule has 0 saturated carbocycles. The van der Waals surface area contributed by atoms with E-state index in [1.807, 2.05) is 59.3 Å². The highest BCUT2D eigenvalue weighted by molar-refractivity contribution is 5.95. The molecular formula is C26H21N3O3. The SMILES string of the molecule is NC(=O)c1ccc(Oc2ccc(C(=O)N=c3ccccn3Cc3ccccc3)cc2)cc1. The molecular weight excluding hydrogens is 402 g/mol. The molecule has 2 N–H and O–H groups in total. The molecule has 32 heavy (non-hydrogen) atoms. The van der Waals surface area contributed by atoms with Gasteiger partial charge in [-0.15, -0.1) is 0 Å². The molecule has 0 aliphatic heterocycles. The van der Waals surface area contributed by atoms with E-state index in [4.69, 9.17) is 10.5 Å². The Morgan fingerprint density at radius 1 is 0.750 bits per heavy atom. The second-order valence-electron chi connectivity index (χ2n) is 7.10. The smallest absolute Gasteiger partial charge is 0.278 e. The van der Waals surface area contributed by atoms with E-state index >= 15 is 0 Å². The lowest BCUT2D eigenvalue weighted by atomic mass is 10.2. The molecule has 0 saturated heterocycles. The highest BCUT2D eigenvalue weighted by atomic mass is 16.5. The summed E-state index contributed by atoms with van der Waals surface area (Å²) in [6, 6.07) is 28.8. The molecule has 0 fully saturated rings. The summed E-state index contributed by atoms with van der Waals surface area (Å²) in [4.78, 5) is 28.2. The zero-order valence-corrected chi connectivity index (χ0v) is 17.2. The van der Waals surface area contributed by atoms with Crippen LogP contribution < -0.4 is 16.0 Å². The number of pyridine rings is 1. The standard InChI is InChI=1S/C26H21N3O3/c27-25(30)20-9-13-22(14-10-20)32-23-15-11-21(12-16-23)26(31)28-24-8-4-5-17-29(24)18-19-6-2-1-3-7-19/h1-17H,18H2,(H2,27,30). The number of primary amides is 1. The number of aromatic nitrogens is 1. The number of hydrogen-bond acceptors (Lipinski definition) is 3. The summed E-state index contributed by atoms with van der Waals surface area (Å²) in [6.45, 7) is 0.620. The Morgan fingerprint density at radius 3 is 1.97 bits per heavy atom. The predicted octanol–water partition coefficient (Wildman–Crippen LogP) is 4.17. The summed E-state index contributed by atoms with van der Waals surface area (Å²) in [7, 11) is 0. The van der Waals surface area contributed by atoms with Crippen molar-refractivity contribution >= 4 is 11.8 Å². The Morgan fingerprint density at radius 2 is 1.34 bits per heavy atom. The lowest BCUT2D eigenvalue weighted by Gasteiger charge is -2.08. The highest BCUT2D eigenvalue weighted by Crippen LogP contribution is 2.22. The van der Waals surface area contributed by atoms with E-state index in [0.717, 1.165) is 5.56 Å². The Kier molecular flexibility index (Phi) is 6.22.